The van der Waals surface area contributed by atoms with Gasteiger partial charge in [-0.2, -0.15) is 0 Å². The zero-order valence-corrected chi connectivity index (χ0v) is 14.4. The summed E-state index contributed by atoms with van der Waals surface area (Å²) >= 11 is 0. The number of hydrogen-bond acceptors (Lipinski definition) is 4. The second kappa shape index (κ2) is 7.69. The van der Waals surface area contributed by atoms with Crippen LogP contribution in [0.5, 0.6) is 0 Å². The first-order valence-corrected chi connectivity index (χ1v) is 8.20. The van der Waals surface area contributed by atoms with Gasteiger partial charge in [-0.1, -0.05) is 18.1 Å². The Hall–Kier alpha value is -3.03. The second-order valence-electron chi connectivity index (χ2n) is 5.91. The molecule has 4 heteroatoms. The maximum Gasteiger partial charge on any atom is 0.159 e. The van der Waals surface area contributed by atoms with Crippen LogP contribution in [-0.4, -0.2) is 15.0 Å². The van der Waals surface area contributed by atoms with Crippen LogP contribution in [0.15, 0.2) is 55.0 Å². The summed E-state index contributed by atoms with van der Waals surface area (Å²) in [6.07, 6.45) is 10.8. The van der Waals surface area contributed by atoms with Gasteiger partial charge in [-0.15, -0.1) is 6.42 Å². The molecular formula is C21H20N4. The van der Waals surface area contributed by atoms with Gasteiger partial charge < -0.3 is 5.32 Å². The summed E-state index contributed by atoms with van der Waals surface area (Å²) in [4.78, 5) is 13.2. The van der Waals surface area contributed by atoms with Crippen molar-refractivity contribution in [1.29, 1.82) is 0 Å². The van der Waals surface area contributed by atoms with Crippen LogP contribution in [0.2, 0.25) is 0 Å². The summed E-state index contributed by atoms with van der Waals surface area (Å²) in [5.74, 6) is 3.35. The summed E-state index contributed by atoms with van der Waals surface area (Å²) in [7, 11) is 0. The van der Waals surface area contributed by atoms with Crippen LogP contribution in [0.3, 0.4) is 0 Å². The van der Waals surface area contributed by atoms with Crippen molar-refractivity contribution in [3.63, 3.8) is 0 Å². The SMILES string of the molecule is C#Cc1ccc(CNC(C)c2cnc(-c3ccncc3)nc2C)cc1. The van der Waals surface area contributed by atoms with E-state index in [9.17, 15) is 0 Å². The number of nitrogens with zero attached hydrogens (tertiary/aromatic N) is 3. The zero-order chi connectivity index (χ0) is 17.6. The van der Waals surface area contributed by atoms with Crippen molar-refractivity contribution in [3.05, 3.63) is 77.4 Å². The first kappa shape index (κ1) is 16.8. The Balaban J connectivity index is 1.69. The summed E-state index contributed by atoms with van der Waals surface area (Å²) in [5.41, 5.74) is 5.13. The molecule has 0 amide bonds. The number of aromatic nitrogens is 3. The van der Waals surface area contributed by atoms with Crippen molar-refractivity contribution >= 4 is 0 Å². The Bertz CT molecular complexity index is 880. The molecular weight excluding hydrogens is 308 g/mol. The highest BCUT2D eigenvalue weighted by Gasteiger charge is 2.11. The highest BCUT2D eigenvalue weighted by atomic mass is 14.9. The summed E-state index contributed by atoms with van der Waals surface area (Å²) in [5, 5.41) is 3.51. The Kier molecular flexibility index (Phi) is 5.17. The van der Waals surface area contributed by atoms with Crippen LogP contribution in [0.1, 0.15) is 35.3 Å². The molecule has 0 saturated heterocycles. The molecule has 1 unspecified atom stereocenters. The molecule has 25 heavy (non-hydrogen) atoms. The van der Waals surface area contributed by atoms with E-state index in [1.54, 1.807) is 12.4 Å². The van der Waals surface area contributed by atoms with Gasteiger partial charge in [-0.05, 0) is 43.7 Å². The number of terminal acetylenes is 1. The average molecular weight is 328 g/mol. The molecule has 0 spiro atoms. The standard InChI is InChI=1S/C21H20N4/c1-4-17-5-7-18(8-6-17)13-23-15(2)20-14-24-21(25-16(20)3)19-9-11-22-12-10-19/h1,5-12,14-15,23H,13H2,2-3H3. The van der Waals surface area contributed by atoms with E-state index in [1.165, 1.54) is 5.56 Å². The number of benzene rings is 1. The second-order valence-corrected chi connectivity index (χ2v) is 5.91. The minimum Gasteiger partial charge on any atom is -0.306 e. The van der Waals surface area contributed by atoms with Crippen LogP contribution in [-0.2, 0) is 6.54 Å². The number of aryl methyl sites for hydroxylation is 1. The third-order valence-electron chi connectivity index (χ3n) is 4.16. The molecule has 1 aromatic carbocycles. The van der Waals surface area contributed by atoms with E-state index in [0.29, 0.717) is 0 Å². The lowest BCUT2D eigenvalue weighted by Gasteiger charge is -2.16. The van der Waals surface area contributed by atoms with Gasteiger partial charge in [-0.25, -0.2) is 9.97 Å². The highest BCUT2D eigenvalue weighted by Crippen LogP contribution is 2.19. The molecule has 3 rings (SSSR count). The van der Waals surface area contributed by atoms with Crippen molar-refractivity contribution in [2.24, 2.45) is 0 Å². The lowest BCUT2D eigenvalue weighted by molar-refractivity contribution is 0.568. The van der Waals surface area contributed by atoms with E-state index in [0.717, 1.165) is 34.8 Å². The molecule has 0 bridgehead atoms. The molecule has 1 atom stereocenters. The monoisotopic (exact) mass is 328 g/mol. The van der Waals surface area contributed by atoms with Gasteiger partial charge in [0, 0.05) is 53.6 Å². The number of nitrogens with one attached hydrogen (secondary N) is 1. The normalized spacial score (nSPS) is 11.7. The van der Waals surface area contributed by atoms with E-state index < -0.39 is 0 Å². The van der Waals surface area contributed by atoms with Crippen molar-refractivity contribution in [1.82, 2.24) is 20.3 Å². The number of rotatable bonds is 5. The van der Waals surface area contributed by atoms with E-state index in [4.69, 9.17) is 6.42 Å². The predicted molar refractivity (Wildman–Crippen MR) is 99.6 cm³/mol. The minimum absolute atomic E-state index is 0.152. The van der Waals surface area contributed by atoms with Crippen LogP contribution < -0.4 is 5.32 Å². The van der Waals surface area contributed by atoms with E-state index >= 15 is 0 Å². The minimum atomic E-state index is 0.152. The van der Waals surface area contributed by atoms with Crippen molar-refractivity contribution in [3.8, 4) is 23.7 Å². The quantitative estimate of drug-likeness (QED) is 0.726. The van der Waals surface area contributed by atoms with Crippen molar-refractivity contribution in [2.75, 3.05) is 0 Å². The predicted octanol–water partition coefficient (Wildman–Crippen LogP) is 3.68. The Morgan fingerprint density at radius 3 is 2.48 bits per heavy atom. The lowest BCUT2D eigenvalue weighted by atomic mass is 10.1. The van der Waals surface area contributed by atoms with E-state index in [-0.39, 0.29) is 6.04 Å². The summed E-state index contributed by atoms with van der Waals surface area (Å²) in [6.45, 7) is 4.90. The maximum atomic E-state index is 5.39. The molecule has 2 aromatic heterocycles. The molecule has 0 fully saturated rings. The van der Waals surface area contributed by atoms with Crippen molar-refractivity contribution < 1.29 is 0 Å². The largest absolute Gasteiger partial charge is 0.306 e. The van der Waals surface area contributed by atoms with Crippen LogP contribution in [0, 0.1) is 19.3 Å². The maximum absolute atomic E-state index is 5.39. The molecule has 0 aliphatic rings. The Morgan fingerprint density at radius 2 is 1.84 bits per heavy atom. The fraction of sp³-hybridized carbons (Fsp3) is 0.190. The lowest BCUT2D eigenvalue weighted by Crippen LogP contribution is -2.19. The average Bonchev–Trinajstić information content (AvgIpc) is 2.67. The molecule has 0 radical (unpaired) electrons. The number of pyridine rings is 1. The van der Waals surface area contributed by atoms with Gasteiger partial charge in [0.15, 0.2) is 5.82 Å². The van der Waals surface area contributed by atoms with Gasteiger partial charge in [-0.3, -0.25) is 4.98 Å². The van der Waals surface area contributed by atoms with Crippen molar-refractivity contribution in [2.45, 2.75) is 26.4 Å². The van der Waals surface area contributed by atoms with Gasteiger partial charge in [0.05, 0.1) is 0 Å². The van der Waals surface area contributed by atoms with E-state index in [1.807, 2.05) is 49.5 Å². The Labute approximate surface area is 148 Å². The van der Waals surface area contributed by atoms with Gasteiger partial charge in [0.25, 0.3) is 0 Å². The van der Waals surface area contributed by atoms with E-state index in [2.05, 4.69) is 33.1 Å². The molecule has 4 nitrogen and oxygen atoms in total. The molecule has 0 aliphatic heterocycles. The first-order chi connectivity index (χ1) is 12.2. The van der Waals surface area contributed by atoms with Crippen LogP contribution >= 0.6 is 0 Å². The molecule has 0 saturated carbocycles. The van der Waals surface area contributed by atoms with Gasteiger partial charge in [0.1, 0.15) is 0 Å². The third kappa shape index (κ3) is 4.09. The third-order valence-corrected chi connectivity index (χ3v) is 4.16. The molecule has 124 valence electrons. The topological polar surface area (TPSA) is 50.7 Å². The fourth-order valence-electron chi connectivity index (χ4n) is 2.64. The summed E-state index contributed by atoms with van der Waals surface area (Å²) < 4.78 is 0. The number of hydrogen-bond donors (Lipinski definition) is 1. The zero-order valence-electron chi connectivity index (χ0n) is 14.4. The van der Waals surface area contributed by atoms with Crippen LogP contribution in [0.25, 0.3) is 11.4 Å². The molecule has 3 aromatic rings. The first-order valence-electron chi connectivity index (χ1n) is 8.20. The Morgan fingerprint density at radius 1 is 1.12 bits per heavy atom. The smallest absolute Gasteiger partial charge is 0.159 e. The van der Waals surface area contributed by atoms with Gasteiger partial charge in [0.2, 0.25) is 0 Å². The summed E-state index contributed by atoms with van der Waals surface area (Å²) in [6, 6.07) is 12.0. The molecule has 2 heterocycles. The van der Waals surface area contributed by atoms with Crippen LogP contribution in [0.4, 0.5) is 0 Å². The molecule has 1 N–H and O–H groups in total. The fourth-order valence-corrected chi connectivity index (χ4v) is 2.64. The van der Waals surface area contributed by atoms with Gasteiger partial charge >= 0.3 is 0 Å². The highest BCUT2D eigenvalue weighted by molar-refractivity contribution is 5.53. The molecule has 0 aliphatic carbocycles.